The molecule has 0 N–H and O–H groups in total. The first-order valence-corrected chi connectivity index (χ1v) is 9.97. The van der Waals surface area contributed by atoms with Crippen molar-refractivity contribution < 1.29 is 9.85 Å². The predicted molar refractivity (Wildman–Crippen MR) is 99.7 cm³/mol. The van der Waals surface area contributed by atoms with Gasteiger partial charge in [-0.15, -0.1) is 0 Å². The number of nitro groups is 2. The number of rotatable bonds is 2. The molecule has 2 aliphatic heterocycles. The molecule has 0 fully saturated rings. The van der Waals surface area contributed by atoms with E-state index in [9.17, 15) is 20.2 Å². The minimum Gasteiger partial charge on any atom is -0.258 e. The first kappa shape index (κ1) is 19.6. The molecule has 3 rings (SSSR count). The van der Waals surface area contributed by atoms with E-state index in [0.717, 1.165) is 47.0 Å². The molecule has 2 aliphatic rings. The molecule has 2 heterocycles. The van der Waals surface area contributed by atoms with Crippen molar-refractivity contribution >= 4 is 58.4 Å². The average Bonchev–Trinajstić information content (AvgIpc) is 3.25. The van der Waals surface area contributed by atoms with Crippen LogP contribution in [0.4, 0.5) is 11.4 Å². The summed E-state index contributed by atoms with van der Waals surface area (Å²) in [7, 11) is 0. The minimum atomic E-state index is -0.703. The van der Waals surface area contributed by atoms with Crippen molar-refractivity contribution in [3.63, 3.8) is 0 Å². The van der Waals surface area contributed by atoms with Gasteiger partial charge in [-0.2, -0.15) is 21.0 Å². The molecule has 0 aliphatic carbocycles. The average molecular weight is 444 g/mol. The summed E-state index contributed by atoms with van der Waals surface area (Å²) in [5, 5.41) is 59.6. The molecule has 134 valence electrons. The zero-order valence-corrected chi connectivity index (χ0v) is 16.2. The van der Waals surface area contributed by atoms with Crippen LogP contribution in [-0.4, -0.2) is 9.85 Å². The van der Waals surface area contributed by atoms with Gasteiger partial charge in [-0.05, 0) is 0 Å². The van der Waals surface area contributed by atoms with E-state index in [4.69, 9.17) is 21.0 Å². The second-order valence-electron chi connectivity index (χ2n) is 4.71. The smallest absolute Gasteiger partial charge is 0.258 e. The Morgan fingerprint density at radius 2 is 0.893 bits per heavy atom. The fraction of sp³-hybridized carbons (Fsp3) is 0. The normalized spacial score (nSPS) is 13.4. The molecule has 0 bridgehead atoms. The van der Waals surface area contributed by atoms with Gasteiger partial charge in [0.2, 0.25) is 0 Å². The Kier molecular flexibility index (Phi) is 5.23. The summed E-state index contributed by atoms with van der Waals surface area (Å²) in [6.45, 7) is 0. The lowest BCUT2D eigenvalue weighted by molar-refractivity contribution is -0.398. The standard InChI is InChI=1S/C14N6O4S4/c15-1-5(2-16)13-25-9-7(19(21)22)11-12(8(20(23)24)10(9)26-13)28-14(27-11)6(3-17)4-18. The van der Waals surface area contributed by atoms with Crippen molar-refractivity contribution in [2.75, 3.05) is 0 Å². The molecule has 0 spiro atoms. The summed E-state index contributed by atoms with van der Waals surface area (Å²) < 4.78 is 0.241. The number of nitro benzene ring substituents is 2. The van der Waals surface area contributed by atoms with Crippen LogP contribution in [0, 0.1) is 65.6 Å². The van der Waals surface area contributed by atoms with E-state index >= 15 is 0 Å². The highest BCUT2D eigenvalue weighted by atomic mass is 32.2. The highest BCUT2D eigenvalue weighted by Gasteiger charge is 2.45. The Bertz CT molecular complexity index is 1060. The molecule has 10 nitrogen and oxygen atoms in total. The minimum absolute atomic E-state index is 0.0386. The maximum atomic E-state index is 11.7. The maximum absolute atomic E-state index is 11.7. The largest absolute Gasteiger partial charge is 0.299 e. The topological polar surface area (TPSA) is 181 Å². The van der Waals surface area contributed by atoms with Crippen LogP contribution in [0.3, 0.4) is 0 Å². The fourth-order valence-corrected chi connectivity index (χ4v) is 7.52. The highest BCUT2D eigenvalue weighted by molar-refractivity contribution is 8.26. The van der Waals surface area contributed by atoms with Crippen molar-refractivity contribution in [1.29, 1.82) is 21.0 Å². The van der Waals surface area contributed by atoms with E-state index in [1.165, 1.54) is 0 Å². The third-order valence-electron chi connectivity index (χ3n) is 3.27. The Hall–Kier alpha value is -3.14. The van der Waals surface area contributed by atoms with E-state index in [2.05, 4.69) is 0 Å². The van der Waals surface area contributed by atoms with E-state index in [1.54, 1.807) is 24.3 Å². The van der Waals surface area contributed by atoms with Crippen LogP contribution < -0.4 is 0 Å². The SMILES string of the molecule is N#CC(C#N)=C1Sc2c(c([N+](=O)[O-])c3c(c2[N+](=O)[O-])SC(=C(C#N)C#N)S3)S1. The molecule has 1 aromatic carbocycles. The summed E-state index contributed by atoms with van der Waals surface area (Å²) in [4.78, 5) is 21.9. The number of hydrogen-bond acceptors (Lipinski definition) is 12. The maximum Gasteiger partial charge on any atom is 0.299 e. The zero-order valence-electron chi connectivity index (χ0n) is 12.9. The molecule has 0 amide bonds. The number of nitrogens with zero attached hydrogens (tertiary/aromatic N) is 6. The molecule has 0 aromatic heterocycles. The quantitative estimate of drug-likeness (QED) is 0.356. The van der Waals surface area contributed by atoms with Gasteiger partial charge < -0.3 is 0 Å². The second-order valence-corrected chi connectivity index (χ2v) is 9.31. The third-order valence-corrected chi connectivity index (χ3v) is 8.50. The summed E-state index contributed by atoms with van der Waals surface area (Å²) >= 11 is 3.00. The van der Waals surface area contributed by atoms with Crippen molar-refractivity contribution in [3.05, 3.63) is 39.8 Å². The second kappa shape index (κ2) is 7.47. The number of thioether (sulfide) groups is 4. The first-order valence-electron chi connectivity index (χ1n) is 6.70. The van der Waals surface area contributed by atoms with E-state index in [1.807, 2.05) is 0 Å². The number of benzene rings is 1. The lowest BCUT2D eigenvalue weighted by Gasteiger charge is -2.05. The van der Waals surface area contributed by atoms with Crippen LogP contribution in [0.5, 0.6) is 0 Å². The van der Waals surface area contributed by atoms with Gasteiger partial charge in [0.05, 0.1) is 18.3 Å². The van der Waals surface area contributed by atoms with Crippen LogP contribution >= 0.6 is 47.0 Å². The Morgan fingerprint density at radius 3 is 1.07 bits per heavy atom. The van der Waals surface area contributed by atoms with Crippen LogP contribution in [0.25, 0.3) is 0 Å². The summed E-state index contributed by atoms with van der Waals surface area (Å²) in [6.07, 6.45) is 0. The summed E-state index contributed by atoms with van der Waals surface area (Å²) in [5.74, 6) is 0. The van der Waals surface area contributed by atoms with Gasteiger partial charge >= 0.3 is 0 Å². The van der Waals surface area contributed by atoms with Crippen molar-refractivity contribution in [2.24, 2.45) is 0 Å². The van der Waals surface area contributed by atoms with Crippen LogP contribution in [0.1, 0.15) is 0 Å². The third kappa shape index (κ3) is 2.95. The molecule has 0 saturated heterocycles. The lowest BCUT2D eigenvalue weighted by Crippen LogP contribution is -1.99. The van der Waals surface area contributed by atoms with Gasteiger partial charge in [-0.1, -0.05) is 47.0 Å². The Morgan fingerprint density at radius 1 is 0.643 bits per heavy atom. The summed E-state index contributed by atoms with van der Waals surface area (Å²) in [6, 6.07) is 6.67. The molecule has 28 heavy (non-hydrogen) atoms. The Labute approximate surface area is 172 Å². The number of fused-ring (bicyclic) bond motifs is 2. The van der Waals surface area contributed by atoms with Gasteiger partial charge in [0, 0.05) is 0 Å². The molecule has 0 atom stereocenters. The van der Waals surface area contributed by atoms with E-state index < -0.39 is 21.2 Å². The molecule has 1 aromatic rings. The van der Waals surface area contributed by atoms with Crippen molar-refractivity contribution in [2.45, 2.75) is 19.6 Å². The van der Waals surface area contributed by atoms with Crippen LogP contribution in [-0.2, 0) is 0 Å². The van der Waals surface area contributed by atoms with E-state index in [-0.39, 0.29) is 39.2 Å². The van der Waals surface area contributed by atoms with Crippen molar-refractivity contribution in [3.8, 4) is 24.3 Å². The molecule has 0 saturated carbocycles. The zero-order chi connectivity index (χ0) is 20.6. The van der Waals surface area contributed by atoms with Gasteiger partial charge in [-0.25, -0.2) is 0 Å². The fourth-order valence-electron chi connectivity index (χ4n) is 2.20. The first-order chi connectivity index (χ1) is 13.4. The van der Waals surface area contributed by atoms with Crippen LogP contribution in [0.15, 0.2) is 39.2 Å². The van der Waals surface area contributed by atoms with Gasteiger partial charge in [-0.3, -0.25) is 20.2 Å². The van der Waals surface area contributed by atoms with Gasteiger partial charge in [0.1, 0.15) is 55.0 Å². The molecular weight excluding hydrogens is 444 g/mol. The molecular formula is C14N6O4S4. The molecule has 0 radical (unpaired) electrons. The lowest BCUT2D eigenvalue weighted by atomic mass is 10.2. The highest BCUT2D eigenvalue weighted by Crippen LogP contribution is 2.67. The van der Waals surface area contributed by atoms with Gasteiger partial charge in [0.15, 0.2) is 0 Å². The number of allylic oxidation sites excluding steroid dienone is 2. The monoisotopic (exact) mass is 444 g/mol. The number of hydrogen-bond donors (Lipinski definition) is 0. The van der Waals surface area contributed by atoms with Crippen LogP contribution in [0.2, 0.25) is 0 Å². The predicted octanol–water partition coefficient (Wildman–Crippen LogP) is 4.42. The summed E-state index contributed by atoms with van der Waals surface area (Å²) in [5.41, 5.74) is -1.43. The van der Waals surface area contributed by atoms with E-state index in [0.29, 0.717) is 0 Å². The van der Waals surface area contributed by atoms with Crippen molar-refractivity contribution in [1.82, 2.24) is 0 Å². The molecule has 0 unspecified atom stereocenters. The van der Waals surface area contributed by atoms with Gasteiger partial charge in [0.25, 0.3) is 11.4 Å². The molecule has 14 heteroatoms. The number of nitriles is 4. The Balaban J connectivity index is 2.36.